The summed E-state index contributed by atoms with van der Waals surface area (Å²) in [6.07, 6.45) is 1.13. The molecule has 0 unspecified atom stereocenters. The SMILES string of the molecule is CN(C)CCC[C@](O)(c1ccc(F)cc1)c1ccc(C#N)cc1CO. The van der Waals surface area contributed by atoms with Gasteiger partial charge in [0, 0.05) is 0 Å². The third-order valence-corrected chi connectivity index (χ3v) is 4.32. The number of aliphatic hydroxyl groups is 2. The van der Waals surface area contributed by atoms with Gasteiger partial charge in [0.15, 0.2) is 0 Å². The quantitative estimate of drug-likeness (QED) is 0.812. The summed E-state index contributed by atoms with van der Waals surface area (Å²) in [6.45, 7) is 0.496. The van der Waals surface area contributed by atoms with Gasteiger partial charge in [-0.3, -0.25) is 0 Å². The van der Waals surface area contributed by atoms with Crippen molar-refractivity contribution in [3.05, 3.63) is 70.5 Å². The molecule has 132 valence electrons. The van der Waals surface area contributed by atoms with Crippen molar-refractivity contribution in [2.75, 3.05) is 20.6 Å². The Bertz CT molecular complexity index is 753. The van der Waals surface area contributed by atoms with Crippen LogP contribution in [-0.2, 0) is 12.2 Å². The van der Waals surface area contributed by atoms with Crippen LogP contribution in [0.4, 0.5) is 4.39 Å². The van der Waals surface area contributed by atoms with E-state index in [2.05, 4.69) is 0 Å². The fourth-order valence-corrected chi connectivity index (χ4v) is 3.01. The average Bonchev–Trinajstić information content (AvgIpc) is 2.61. The van der Waals surface area contributed by atoms with E-state index >= 15 is 0 Å². The largest absolute Gasteiger partial charge is 0.392 e. The minimum atomic E-state index is -1.37. The Balaban J connectivity index is 2.51. The van der Waals surface area contributed by atoms with Gasteiger partial charge >= 0.3 is 0 Å². The van der Waals surface area contributed by atoms with Crippen molar-refractivity contribution in [3.8, 4) is 6.07 Å². The molecule has 0 spiro atoms. The first-order chi connectivity index (χ1) is 11.9. The van der Waals surface area contributed by atoms with Gasteiger partial charge in [-0.1, -0.05) is 18.2 Å². The Morgan fingerprint density at radius 1 is 1.16 bits per heavy atom. The average molecular weight is 342 g/mol. The molecular formula is C20H23FN2O2. The molecule has 5 heteroatoms. The van der Waals surface area contributed by atoms with Gasteiger partial charge in [-0.2, -0.15) is 5.26 Å². The standard InChI is InChI=1S/C20H23FN2O2/c1-23(2)11-3-10-20(25,17-5-7-18(21)8-6-17)19-9-4-15(13-22)12-16(19)14-24/h4-9,12,24-25H,3,10-11,14H2,1-2H3/t20-/m0/s1. The highest BCUT2D eigenvalue weighted by Gasteiger charge is 2.33. The van der Waals surface area contributed by atoms with Gasteiger partial charge in [-0.15, -0.1) is 0 Å². The molecule has 0 saturated carbocycles. The van der Waals surface area contributed by atoms with Crippen molar-refractivity contribution in [1.82, 2.24) is 4.90 Å². The molecule has 0 aliphatic rings. The minimum absolute atomic E-state index is 0.290. The molecule has 0 aromatic heterocycles. The molecular weight excluding hydrogens is 319 g/mol. The maximum absolute atomic E-state index is 13.3. The highest BCUT2D eigenvalue weighted by atomic mass is 19.1. The van der Waals surface area contributed by atoms with Crippen LogP contribution in [0, 0.1) is 17.1 Å². The Morgan fingerprint density at radius 2 is 1.84 bits per heavy atom. The van der Waals surface area contributed by atoms with Gasteiger partial charge < -0.3 is 15.1 Å². The van der Waals surface area contributed by atoms with Gasteiger partial charge in [0.25, 0.3) is 0 Å². The predicted octanol–water partition coefficient (Wildman–Crippen LogP) is 2.77. The molecule has 25 heavy (non-hydrogen) atoms. The lowest BCUT2D eigenvalue weighted by Crippen LogP contribution is -2.30. The fourth-order valence-electron chi connectivity index (χ4n) is 3.01. The van der Waals surface area contributed by atoms with Crippen molar-refractivity contribution in [1.29, 1.82) is 5.26 Å². The second-order valence-corrected chi connectivity index (χ2v) is 6.42. The summed E-state index contributed by atoms with van der Waals surface area (Å²) in [7, 11) is 3.91. The number of benzene rings is 2. The summed E-state index contributed by atoms with van der Waals surface area (Å²) < 4.78 is 13.3. The maximum Gasteiger partial charge on any atom is 0.123 e. The topological polar surface area (TPSA) is 67.5 Å². The van der Waals surface area contributed by atoms with E-state index in [4.69, 9.17) is 5.26 Å². The van der Waals surface area contributed by atoms with Gasteiger partial charge in [0.05, 0.1) is 18.2 Å². The summed E-state index contributed by atoms with van der Waals surface area (Å²) >= 11 is 0. The molecule has 1 atom stereocenters. The predicted molar refractivity (Wildman–Crippen MR) is 94.3 cm³/mol. The van der Waals surface area contributed by atoms with Gasteiger partial charge in [-0.05, 0) is 74.4 Å². The number of nitriles is 1. The third kappa shape index (κ3) is 4.43. The molecule has 2 aromatic carbocycles. The van der Waals surface area contributed by atoms with E-state index in [9.17, 15) is 14.6 Å². The molecule has 0 radical (unpaired) electrons. The molecule has 0 amide bonds. The summed E-state index contributed by atoms with van der Waals surface area (Å²) in [6, 6.07) is 12.7. The van der Waals surface area contributed by atoms with Crippen LogP contribution in [0.1, 0.15) is 35.1 Å². The molecule has 0 aliphatic carbocycles. The lowest BCUT2D eigenvalue weighted by Gasteiger charge is -2.32. The van der Waals surface area contributed by atoms with Crippen molar-refractivity contribution in [2.45, 2.75) is 25.0 Å². The summed E-state index contributed by atoms with van der Waals surface area (Å²) in [5.41, 5.74) is 0.653. The zero-order valence-electron chi connectivity index (χ0n) is 14.5. The molecule has 2 rings (SSSR count). The van der Waals surface area contributed by atoms with E-state index in [0.29, 0.717) is 35.1 Å². The van der Waals surface area contributed by atoms with E-state index in [1.165, 1.54) is 12.1 Å². The first-order valence-corrected chi connectivity index (χ1v) is 8.18. The van der Waals surface area contributed by atoms with Crippen LogP contribution in [0.3, 0.4) is 0 Å². The monoisotopic (exact) mass is 342 g/mol. The minimum Gasteiger partial charge on any atom is -0.392 e. The van der Waals surface area contributed by atoms with Crippen LogP contribution < -0.4 is 0 Å². The summed E-state index contributed by atoms with van der Waals surface area (Å²) in [4.78, 5) is 2.02. The van der Waals surface area contributed by atoms with E-state index in [-0.39, 0.29) is 12.4 Å². The molecule has 0 bridgehead atoms. The second-order valence-electron chi connectivity index (χ2n) is 6.42. The fraction of sp³-hybridized carbons (Fsp3) is 0.350. The Labute approximate surface area is 147 Å². The van der Waals surface area contributed by atoms with Crippen molar-refractivity contribution >= 4 is 0 Å². The number of hydrogen-bond donors (Lipinski definition) is 2. The van der Waals surface area contributed by atoms with Crippen LogP contribution in [-0.4, -0.2) is 35.8 Å². The number of halogens is 1. The summed E-state index contributed by atoms with van der Waals surface area (Å²) in [5, 5.41) is 30.3. The molecule has 0 aliphatic heterocycles. The number of aliphatic hydroxyl groups excluding tert-OH is 1. The molecule has 0 saturated heterocycles. The van der Waals surface area contributed by atoms with Gasteiger partial charge in [-0.25, -0.2) is 4.39 Å². The Morgan fingerprint density at radius 3 is 2.40 bits per heavy atom. The zero-order valence-corrected chi connectivity index (χ0v) is 14.5. The smallest absolute Gasteiger partial charge is 0.123 e. The first-order valence-electron chi connectivity index (χ1n) is 8.18. The Kier molecular flexibility index (Phi) is 6.27. The molecule has 2 aromatic rings. The van der Waals surface area contributed by atoms with Gasteiger partial charge in [0.1, 0.15) is 11.4 Å². The van der Waals surface area contributed by atoms with Gasteiger partial charge in [0.2, 0.25) is 0 Å². The van der Waals surface area contributed by atoms with Crippen LogP contribution in [0.25, 0.3) is 0 Å². The van der Waals surface area contributed by atoms with E-state index in [0.717, 1.165) is 6.54 Å². The van der Waals surface area contributed by atoms with Crippen LogP contribution >= 0.6 is 0 Å². The second kappa shape index (κ2) is 8.21. The van der Waals surface area contributed by atoms with E-state index in [1.54, 1.807) is 30.3 Å². The summed E-state index contributed by atoms with van der Waals surface area (Å²) in [5.74, 6) is -0.374. The molecule has 0 heterocycles. The Hall–Kier alpha value is -2.26. The molecule has 4 nitrogen and oxygen atoms in total. The lowest BCUT2D eigenvalue weighted by atomic mass is 9.80. The lowest BCUT2D eigenvalue weighted by molar-refractivity contribution is 0.0641. The van der Waals surface area contributed by atoms with E-state index < -0.39 is 5.60 Å². The highest BCUT2D eigenvalue weighted by Crippen LogP contribution is 2.36. The maximum atomic E-state index is 13.3. The van der Waals surface area contributed by atoms with Crippen LogP contribution in [0.5, 0.6) is 0 Å². The van der Waals surface area contributed by atoms with E-state index in [1.807, 2.05) is 25.1 Å². The number of rotatable bonds is 7. The van der Waals surface area contributed by atoms with Crippen LogP contribution in [0.15, 0.2) is 42.5 Å². The zero-order chi connectivity index (χ0) is 18.4. The third-order valence-electron chi connectivity index (χ3n) is 4.32. The van der Waals surface area contributed by atoms with Crippen molar-refractivity contribution in [3.63, 3.8) is 0 Å². The van der Waals surface area contributed by atoms with Crippen LogP contribution in [0.2, 0.25) is 0 Å². The van der Waals surface area contributed by atoms with Crippen molar-refractivity contribution in [2.24, 2.45) is 0 Å². The number of hydrogen-bond acceptors (Lipinski definition) is 4. The normalized spacial score (nSPS) is 13.5. The molecule has 2 N–H and O–H groups in total. The molecule has 0 fully saturated rings. The highest BCUT2D eigenvalue weighted by molar-refractivity contribution is 5.45. The van der Waals surface area contributed by atoms with Crippen molar-refractivity contribution < 1.29 is 14.6 Å². The number of nitrogens with zero attached hydrogens (tertiary/aromatic N) is 2. The first kappa shape index (κ1) is 19.1.